The minimum atomic E-state index is -0.866. The van der Waals surface area contributed by atoms with E-state index in [1.807, 2.05) is 6.07 Å². The van der Waals surface area contributed by atoms with Gasteiger partial charge >= 0.3 is 5.97 Å². The number of amides is 1. The van der Waals surface area contributed by atoms with Crippen LogP contribution in [0.5, 0.6) is 0 Å². The zero-order chi connectivity index (χ0) is 15.5. The highest BCUT2D eigenvalue weighted by Crippen LogP contribution is 2.35. The molecule has 1 fully saturated rings. The van der Waals surface area contributed by atoms with E-state index in [1.54, 1.807) is 0 Å². The second kappa shape index (κ2) is 6.99. The number of halogens is 2. The Labute approximate surface area is 137 Å². The molecule has 1 saturated carbocycles. The zero-order valence-electron chi connectivity index (χ0n) is 11.5. The van der Waals surface area contributed by atoms with Crippen LogP contribution in [0.3, 0.4) is 0 Å². The molecule has 0 saturated heterocycles. The van der Waals surface area contributed by atoms with Crippen LogP contribution in [0.2, 0.25) is 8.67 Å². The highest BCUT2D eigenvalue weighted by atomic mass is 35.5. The number of aryl methyl sites for hydroxylation is 1. The molecule has 2 rings (SSSR count). The number of carboxylic acids is 1. The molecular weight excluding hydrogens is 333 g/mol. The highest BCUT2D eigenvalue weighted by molar-refractivity contribution is 7.20. The van der Waals surface area contributed by atoms with Crippen LogP contribution in [-0.2, 0) is 16.0 Å². The molecule has 116 valence electrons. The van der Waals surface area contributed by atoms with E-state index < -0.39 is 11.5 Å². The van der Waals surface area contributed by atoms with Crippen LogP contribution in [0, 0.1) is 0 Å². The number of carbonyl (C=O) groups excluding carboxylic acids is 1. The maximum Gasteiger partial charge on any atom is 0.305 e. The Bertz CT molecular complexity index is 540. The lowest BCUT2D eigenvalue weighted by Gasteiger charge is -2.41. The summed E-state index contributed by atoms with van der Waals surface area (Å²) in [5.74, 6) is -0.955. The van der Waals surface area contributed by atoms with Gasteiger partial charge < -0.3 is 10.4 Å². The van der Waals surface area contributed by atoms with Gasteiger partial charge in [-0.05, 0) is 43.7 Å². The largest absolute Gasteiger partial charge is 0.481 e. The minimum Gasteiger partial charge on any atom is -0.481 e. The molecule has 1 heterocycles. The summed E-state index contributed by atoms with van der Waals surface area (Å²) in [6.45, 7) is 0. The molecule has 7 heteroatoms. The molecule has 1 aromatic heterocycles. The number of nitrogens with one attached hydrogen (secondary N) is 1. The van der Waals surface area contributed by atoms with Gasteiger partial charge in [0, 0.05) is 6.42 Å². The van der Waals surface area contributed by atoms with E-state index in [1.165, 1.54) is 11.3 Å². The van der Waals surface area contributed by atoms with Crippen LogP contribution in [0.1, 0.15) is 44.1 Å². The van der Waals surface area contributed by atoms with Crippen molar-refractivity contribution in [1.29, 1.82) is 0 Å². The Balaban J connectivity index is 1.77. The molecule has 0 aliphatic heterocycles. The number of hydrogen-bond donors (Lipinski definition) is 2. The van der Waals surface area contributed by atoms with E-state index in [0.29, 0.717) is 27.9 Å². The molecule has 0 aromatic carbocycles. The summed E-state index contributed by atoms with van der Waals surface area (Å²) in [5.41, 5.74) is 0.440. The summed E-state index contributed by atoms with van der Waals surface area (Å²) in [4.78, 5) is 22.8. The Hall–Kier alpha value is -0.780. The third-order valence-electron chi connectivity index (χ3n) is 3.78. The first-order valence-corrected chi connectivity index (χ1v) is 8.44. The van der Waals surface area contributed by atoms with Gasteiger partial charge in [0.15, 0.2) is 0 Å². The van der Waals surface area contributed by atoms with Crippen LogP contribution < -0.4 is 5.32 Å². The number of thiophene rings is 1. The SMILES string of the molecule is O=C(O)CC1(NC(=O)CCCc2cc(Cl)sc2Cl)CCC1. The van der Waals surface area contributed by atoms with Crippen molar-refractivity contribution in [3.05, 3.63) is 20.3 Å². The molecule has 4 nitrogen and oxygen atoms in total. The molecule has 0 bridgehead atoms. The predicted molar refractivity (Wildman–Crippen MR) is 84.3 cm³/mol. The second-order valence-electron chi connectivity index (χ2n) is 5.46. The molecule has 1 amide bonds. The number of hydrogen-bond acceptors (Lipinski definition) is 3. The average molecular weight is 350 g/mol. The molecule has 0 spiro atoms. The van der Waals surface area contributed by atoms with Crippen molar-refractivity contribution in [1.82, 2.24) is 5.32 Å². The van der Waals surface area contributed by atoms with Crippen molar-refractivity contribution in [2.24, 2.45) is 0 Å². The van der Waals surface area contributed by atoms with Crippen molar-refractivity contribution >= 4 is 46.4 Å². The van der Waals surface area contributed by atoms with Gasteiger partial charge in [0.05, 0.1) is 20.6 Å². The Kier molecular flexibility index (Phi) is 5.52. The van der Waals surface area contributed by atoms with Gasteiger partial charge in [-0.25, -0.2) is 0 Å². The Morgan fingerprint density at radius 1 is 1.38 bits per heavy atom. The topological polar surface area (TPSA) is 66.4 Å². The maximum atomic E-state index is 12.0. The number of carboxylic acid groups (broad SMARTS) is 1. The Morgan fingerprint density at radius 2 is 2.10 bits per heavy atom. The molecule has 1 aliphatic carbocycles. The summed E-state index contributed by atoms with van der Waals surface area (Å²) in [6, 6.07) is 1.82. The number of rotatable bonds is 7. The average Bonchev–Trinajstić information content (AvgIpc) is 2.64. The predicted octanol–water partition coefficient (Wildman–Crippen LogP) is 3.89. The van der Waals surface area contributed by atoms with Crippen LogP contribution in [0.15, 0.2) is 6.07 Å². The smallest absolute Gasteiger partial charge is 0.305 e. The second-order valence-corrected chi connectivity index (χ2v) is 7.74. The lowest BCUT2D eigenvalue weighted by Crippen LogP contribution is -2.54. The number of carbonyl (C=O) groups is 2. The van der Waals surface area contributed by atoms with E-state index in [0.717, 1.165) is 24.8 Å². The molecule has 1 aliphatic rings. The van der Waals surface area contributed by atoms with Crippen LogP contribution in [0.25, 0.3) is 0 Å². The van der Waals surface area contributed by atoms with Gasteiger partial charge in [-0.15, -0.1) is 11.3 Å². The van der Waals surface area contributed by atoms with Gasteiger partial charge in [0.25, 0.3) is 0 Å². The third kappa shape index (κ3) is 4.59. The fraction of sp³-hybridized carbons (Fsp3) is 0.571. The first-order valence-electron chi connectivity index (χ1n) is 6.87. The summed E-state index contributed by atoms with van der Waals surface area (Å²) >= 11 is 13.2. The summed E-state index contributed by atoms with van der Waals surface area (Å²) in [5, 5.41) is 11.8. The lowest BCUT2D eigenvalue weighted by atomic mass is 9.74. The zero-order valence-corrected chi connectivity index (χ0v) is 13.8. The van der Waals surface area contributed by atoms with Gasteiger partial charge in [-0.2, -0.15) is 0 Å². The highest BCUT2D eigenvalue weighted by Gasteiger charge is 2.40. The van der Waals surface area contributed by atoms with E-state index in [2.05, 4.69) is 5.32 Å². The molecule has 0 radical (unpaired) electrons. The van der Waals surface area contributed by atoms with Gasteiger partial charge in [0.1, 0.15) is 0 Å². The van der Waals surface area contributed by atoms with Gasteiger partial charge in [0.2, 0.25) is 5.91 Å². The van der Waals surface area contributed by atoms with Crippen molar-refractivity contribution < 1.29 is 14.7 Å². The van der Waals surface area contributed by atoms with Crippen LogP contribution in [-0.4, -0.2) is 22.5 Å². The van der Waals surface area contributed by atoms with Crippen molar-refractivity contribution in [3.63, 3.8) is 0 Å². The van der Waals surface area contributed by atoms with E-state index in [9.17, 15) is 9.59 Å². The normalized spacial score (nSPS) is 16.3. The fourth-order valence-electron chi connectivity index (χ4n) is 2.58. The van der Waals surface area contributed by atoms with Gasteiger partial charge in [-0.3, -0.25) is 9.59 Å². The van der Waals surface area contributed by atoms with E-state index >= 15 is 0 Å². The fourth-order valence-corrected chi connectivity index (χ4v) is 4.13. The molecule has 0 unspecified atom stereocenters. The summed E-state index contributed by atoms with van der Waals surface area (Å²) in [7, 11) is 0. The lowest BCUT2D eigenvalue weighted by molar-refractivity contribution is -0.140. The molecule has 21 heavy (non-hydrogen) atoms. The van der Waals surface area contributed by atoms with Gasteiger partial charge in [-0.1, -0.05) is 23.2 Å². The maximum absolute atomic E-state index is 12.0. The number of aliphatic carboxylic acids is 1. The summed E-state index contributed by atoms with van der Waals surface area (Å²) < 4.78 is 1.32. The summed E-state index contributed by atoms with van der Waals surface area (Å²) in [6.07, 6.45) is 4.20. The first kappa shape index (κ1) is 16.6. The van der Waals surface area contributed by atoms with E-state index in [4.69, 9.17) is 28.3 Å². The standard InChI is InChI=1S/C14H17Cl2NO3S/c15-10-7-9(13(16)21-10)3-1-4-11(18)17-14(5-2-6-14)8-12(19)20/h7H,1-6,8H2,(H,17,18)(H,19,20). The Morgan fingerprint density at radius 3 is 2.57 bits per heavy atom. The van der Waals surface area contributed by atoms with Crippen molar-refractivity contribution in [2.75, 3.05) is 0 Å². The van der Waals surface area contributed by atoms with E-state index in [-0.39, 0.29) is 12.3 Å². The quantitative estimate of drug-likeness (QED) is 0.784. The third-order valence-corrected chi connectivity index (χ3v) is 5.35. The first-order chi connectivity index (χ1) is 9.90. The van der Waals surface area contributed by atoms with Crippen molar-refractivity contribution in [2.45, 2.75) is 50.5 Å². The minimum absolute atomic E-state index is 0.00467. The molecule has 0 atom stereocenters. The molecule has 1 aromatic rings. The van der Waals surface area contributed by atoms with Crippen LogP contribution in [0.4, 0.5) is 0 Å². The van der Waals surface area contributed by atoms with Crippen molar-refractivity contribution in [3.8, 4) is 0 Å². The molecule has 2 N–H and O–H groups in total. The monoisotopic (exact) mass is 349 g/mol. The molecular formula is C14H17Cl2NO3S. The van der Waals surface area contributed by atoms with Crippen LogP contribution >= 0.6 is 34.5 Å².